The highest BCUT2D eigenvalue weighted by atomic mass is 127. The number of guanidine groups is 1. The zero-order chi connectivity index (χ0) is 16.4. The second kappa shape index (κ2) is 12.9. The molecule has 0 spiro atoms. The molecule has 1 aromatic heterocycles. The summed E-state index contributed by atoms with van der Waals surface area (Å²) in [6.45, 7) is 16.5. The van der Waals surface area contributed by atoms with Crippen LogP contribution < -0.4 is 10.6 Å². The Balaban J connectivity index is 0.00000484. The first-order valence-electron chi connectivity index (χ1n) is 8.28. The van der Waals surface area contributed by atoms with Gasteiger partial charge in [0.05, 0.1) is 12.2 Å². The minimum atomic E-state index is 0. The smallest absolute Gasteiger partial charge is 0.191 e. The first kappa shape index (κ1) is 22.6. The molecule has 0 amide bonds. The summed E-state index contributed by atoms with van der Waals surface area (Å²) in [6, 6.07) is 0. The molecule has 1 heterocycles. The molecule has 1 rings (SSSR count). The number of thiazole rings is 1. The van der Waals surface area contributed by atoms with Gasteiger partial charge in [-0.05, 0) is 46.8 Å². The molecule has 0 radical (unpaired) electrons. The number of halogens is 1. The summed E-state index contributed by atoms with van der Waals surface area (Å²) in [6.07, 6.45) is 1.13. The van der Waals surface area contributed by atoms with Crippen molar-refractivity contribution in [3.05, 3.63) is 15.6 Å². The summed E-state index contributed by atoms with van der Waals surface area (Å²) in [4.78, 5) is 12.9. The number of nitrogens with zero attached hydrogens (tertiary/aromatic N) is 3. The van der Waals surface area contributed by atoms with E-state index >= 15 is 0 Å². The predicted molar refractivity (Wildman–Crippen MR) is 112 cm³/mol. The van der Waals surface area contributed by atoms with Crippen molar-refractivity contribution in [3.63, 3.8) is 0 Å². The molecular formula is C16H32IN5S. The molecule has 1 aromatic rings. The Hall–Kier alpha value is -0.410. The van der Waals surface area contributed by atoms with E-state index in [1.165, 1.54) is 4.88 Å². The first-order valence-corrected chi connectivity index (χ1v) is 9.09. The highest BCUT2D eigenvalue weighted by molar-refractivity contribution is 14.0. The second-order valence-corrected chi connectivity index (χ2v) is 6.54. The number of rotatable bonds is 9. The van der Waals surface area contributed by atoms with Crippen LogP contribution in [-0.4, -0.2) is 48.6 Å². The van der Waals surface area contributed by atoms with Crippen LogP contribution in [0.15, 0.2) is 4.99 Å². The van der Waals surface area contributed by atoms with E-state index < -0.39 is 0 Å². The highest BCUT2D eigenvalue weighted by Crippen LogP contribution is 2.16. The van der Waals surface area contributed by atoms with Crippen molar-refractivity contribution in [1.29, 1.82) is 0 Å². The summed E-state index contributed by atoms with van der Waals surface area (Å²) >= 11 is 1.73. The fourth-order valence-electron chi connectivity index (χ4n) is 2.14. The molecule has 0 aliphatic rings. The number of aromatic nitrogens is 1. The van der Waals surface area contributed by atoms with Crippen LogP contribution in [0.5, 0.6) is 0 Å². The molecule has 0 unspecified atom stereocenters. The summed E-state index contributed by atoms with van der Waals surface area (Å²) in [5, 5.41) is 7.78. The van der Waals surface area contributed by atoms with Gasteiger partial charge in [-0.25, -0.2) is 9.98 Å². The molecule has 0 aromatic carbocycles. The van der Waals surface area contributed by atoms with Crippen LogP contribution in [0, 0.1) is 13.8 Å². The van der Waals surface area contributed by atoms with E-state index in [-0.39, 0.29) is 24.0 Å². The zero-order valence-corrected chi connectivity index (χ0v) is 18.3. The molecule has 2 N–H and O–H groups in total. The molecule has 0 saturated heterocycles. The highest BCUT2D eigenvalue weighted by Gasteiger charge is 2.04. The van der Waals surface area contributed by atoms with E-state index in [2.05, 4.69) is 60.1 Å². The Morgan fingerprint density at radius 3 is 2.39 bits per heavy atom. The number of hydrogen-bond acceptors (Lipinski definition) is 4. The third kappa shape index (κ3) is 8.85. The molecule has 0 bridgehead atoms. The molecule has 0 saturated carbocycles. The van der Waals surface area contributed by atoms with Gasteiger partial charge >= 0.3 is 0 Å². The maximum Gasteiger partial charge on any atom is 0.191 e. The lowest BCUT2D eigenvalue weighted by molar-refractivity contribution is 0.300. The van der Waals surface area contributed by atoms with E-state index in [0.29, 0.717) is 6.54 Å². The van der Waals surface area contributed by atoms with Gasteiger partial charge in [-0.3, -0.25) is 0 Å². The van der Waals surface area contributed by atoms with E-state index in [1.54, 1.807) is 11.3 Å². The fourth-order valence-corrected chi connectivity index (χ4v) is 3.00. The van der Waals surface area contributed by atoms with E-state index in [4.69, 9.17) is 0 Å². The molecule has 134 valence electrons. The molecule has 0 aliphatic carbocycles. The average Bonchev–Trinajstić information content (AvgIpc) is 2.83. The van der Waals surface area contributed by atoms with Crippen LogP contribution in [0.4, 0.5) is 0 Å². The zero-order valence-electron chi connectivity index (χ0n) is 15.1. The van der Waals surface area contributed by atoms with Gasteiger partial charge in [0, 0.05) is 18.0 Å². The SMILES string of the molecule is CCNC(=NCc1nc(C)c(C)s1)NCCCN(CC)CC.I. The second-order valence-electron chi connectivity index (χ2n) is 5.25. The van der Waals surface area contributed by atoms with Crippen molar-refractivity contribution >= 4 is 41.3 Å². The van der Waals surface area contributed by atoms with Gasteiger partial charge in [0.2, 0.25) is 0 Å². The van der Waals surface area contributed by atoms with Crippen molar-refractivity contribution in [3.8, 4) is 0 Å². The van der Waals surface area contributed by atoms with Crippen LogP contribution in [0.2, 0.25) is 0 Å². The lowest BCUT2D eigenvalue weighted by Gasteiger charge is -2.18. The van der Waals surface area contributed by atoms with Gasteiger partial charge in [-0.1, -0.05) is 13.8 Å². The van der Waals surface area contributed by atoms with Crippen LogP contribution in [0.1, 0.15) is 42.8 Å². The Kier molecular flexibility index (Phi) is 12.7. The topological polar surface area (TPSA) is 52.6 Å². The van der Waals surface area contributed by atoms with Gasteiger partial charge in [0.1, 0.15) is 5.01 Å². The van der Waals surface area contributed by atoms with Crippen LogP contribution >= 0.6 is 35.3 Å². The maximum absolute atomic E-state index is 4.62. The van der Waals surface area contributed by atoms with Gasteiger partial charge in [0.15, 0.2) is 5.96 Å². The number of aryl methyl sites for hydroxylation is 2. The Morgan fingerprint density at radius 1 is 1.17 bits per heavy atom. The van der Waals surface area contributed by atoms with E-state index in [9.17, 15) is 0 Å². The maximum atomic E-state index is 4.62. The normalized spacial score (nSPS) is 11.5. The number of aliphatic imine (C=N–C) groups is 1. The van der Waals surface area contributed by atoms with Crippen molar-refractivity contribution in [1.82, 2.24) is 20.5 Å². The van der Waals surface area contributed by atoms with Crippen molar-refractivity contribution in [2.45, 2.75) is 47.6 Å². The van der Waals surface area contributed by atoms with Gasteiger partial charge in [-0.2, -0.15) is 0 Å². The van der Waals surface area contributed by atoms with Crippen molar-refractivity contribution in [2.24, 2.45) is 4.99 Å². The third-order valence-corrected chi connectivity index (χ3v) is 4.69. The monoisotopic (exact) mass is 453 g/mol. The Bertz CT molecular complexity index is 438. The molecule has 0 atom stereocenters. The van der Waals surface area contributed by atoms with Gasteiger partial charge in [-0.15, -0.1) is 35.3 Å². The predicted octanol–water partition coefficient (Wildman–Crippen LogP) is 3.16. The summed E-state index contributed by atoms with van der Waals surface area (Å²) in [5.41, 5.74) is 1.12. The largest absolute Gasteiger partial charge is 0.357 e. The number of nitrogens with one attached hydrogen (secondary N) is 2. The van der Waals surface area contributed by atoms with Crippen LogP contribution in [0.3, 0.4) is 0 Å². The van der Waals surface area contributed by atoms with Gasteiger partial charge < -0.3 is 15.5 Å². The Labute approximate surface area is 162 Å². The fraction of sp³-hybridized carbons (Fsp3) is 0.750. The van der Waals surface area contributed by atoms with Crippen LogP contribution in [-0.2, 0) is 6.54 Å². The molecule has 23 heavy (non-hydrogen) atoms. The Morgan fingerprint density at radius 2 is 1.87 bits per heavy atom. The van der Waals surface area contributed by atoms with Crippen LogP contribution in [0.25, 0.3) is 0 Å². The van der Waals surface area contributed by atoms with E-state index in [1.807, 2.05) is 0 Å². The molecule has 0 aliphatic heterocycles. The lowest BCUT2D eigenvalue weighted by Crippen LogP contribution is -2.38. The van der Waals surface area contributed by atoms with Gasteiger partial charge in [0.25, 0.3) is 0 Å². The summed E-state index contributed by atoms with van der Waals surface area (Å²) in [5.74, 6) is 0.882. The number of hydrogen-bond donors (Lipinski definition) is 2. The summed E-state index contributed by atoms with van der Waals surface area (Å²) < 4.78 is 0. The molecule has 5 nitrogen and oxygen atoms in total. The molecular weight excluding hydrogens is 421 g/mol. The lowest BCUT2D eigenvalue weighted by atomic mass is 10.3. The van der Waals surface area contributed by atoms with Crippen molar-refractivity contribution < 1.29 is 0 Å². The molecule has 7 heteroatoms. The minimum absolute atomic E-state index is 0. The van der Waals surface area contributed by atoms with Crippen molar-refractivity contribution in [2.75, 3.05) is 32.7 Å². The summed E-state index contributed by atoms with van der Waals surface area (Å²) in [7, 11) is 0. The quantitative estimate of drug-likeness (QED) is 0.261. The average molecular weight is 453 g/mol. The minimum Gasteiger partial charge on any atom is -0.357 e. The standard InChI is InChI=1S/C16H31N5S.HI/c1-6-17-16(18-10-9-11-21(7-2)8-3)19-12-15-20-13(4)14(5)22-15;/h6-12H2,1-5H3,(H2,17,18,19);1H. The third-order valence-electron chi connectivity index (χ3n) is 3.63. The molecule has 0 fully saturated rings. The first-order chi connectivity index (χ1) is 10.6. The van der Waals surface area contributed by atoms with E-state index in [0.717, 1.165) is 55.8 Å².